The molecule has 1 atom stereocenters. The van der Waals surface area contributed by atoms with Gasteiger partial charge in [-0.25, -0.2) is 4.68 Å². The summed E-state index contributed by atoms with van der Waals surface area (Å²) in [6.45, 7) is 1.76. The first-order chi connectivity index (χ1) is 17.3. The molecule has 1 amide bonds. The number of aromatic nitrogens is 4. The number of non-ortho nitro benzene ring substituents is 1. The molecular formula is C24H17Cl2N7O3. The molecule has 10 nitrogen and oxygen atoms in total. The van der Waals surface area contributed by atoms with Crippen LogP contribution in [-0.2, 0) is 4.79 Å². The van der Waals surface area contributed by atoms with Gasteiger partial charge in [0, 0.05) is 45.2 Å². The molecule has 2 N–H and O–H groups in total. The van der Waals surface area contributed by atoms with E-state index in [1.807, 2.05) is 0 Å². The van der Waals surface area contributed by atoms with Crippen LogP contribution in [0.4, 0.5) is 17.3 Å². The van der Waals surface area contributed by atoms with Crippen molar-refractivity contribution in [2.45, 2.75) is 13.0 Å². The Bertz CT molecular complexity index is 1520. The minimum Gasteiger partial charge on any atom is -0.328 e. The van der Waals surface area contributed by atoms with Crippen LogP contribution in [0, 0.1) is 10.1 Å². The van der Waals surface area contributed by atoms with Crippen LogP contribution in [0.2, 0.25) is 10.0 Å². The maximum Gasteiger partial charge on any atom is 0.269 e. The zero-order valence-corrected chi connectivity index (χ0v) is 20.2. The molecule has 180 valence electrons. The Labute approximate surface area is 214 Å². The number of anilines is 2. The second-order valence-corrected chi connectivity index (χ2v) is 8.78. The Hall–Kier alpha value is -4.28. The first kappa shape index (κ1) is 23.5. The fourth-order valence-electron chi connectivity index (χ4n) is 3.95. The molecule has 5 rings (SSSR count). The molecule has 3 heterocycles. The first-order valence-corrected chi connectivity index (χ1v) is 11.4. The average Bonchev–Trinajstić information content (AvgIpc) is 3.28. The van der Waals surface area contributed by atoms with Gasteiger partial charge in [0.25, 0.3) is 11.6 Å². The number of fused-ring (bicyclic) bond motifs is 1. The number of rotatable bonds is 5. The Morgan fingerprint density at radius 3 is 2.61 bits per heavy atom. The second-order valence-electron chi connectivity index (χ2n) is 7.94. The smallest absolute Gasteiger partial charge is 0.269 e. The Kier molecular flexibility index (Phi) is 6.13. The van der Waals surface area contributed by atoms with Gasteiger partial charge in [0.1, 0.15) is 6.04 Å². The zero-order valence-electron chi connectivity index (χ0n) is 18.6. The van der Waals surface area contributed by atoms with Crippen LogP contribution in [0.1, 0.15) is 18.5 Å². The summed E-state index contributed by atoms with van der Waals surface area (Å²) in [5, 5.41) is 22.5. The van der Waals surface area contributed by atoms with Crippen LogP contribution in [0.25, 0.3) is 11.4 Å². The normalized spacial score (nSPS) is 14.7. The van der Waals surface area contributed by atoms with E-state index in [1.165, 1.54) is 12.1 Å². The number of nitro groups is 1. The third kappa shape index (κ3) is 4.39. The second kappa shape index (κ2) is 9.40. The maximum absolute atomic E-state index is 13.5. The third-order valence-electron chi connectivity index (χ3n) is 5.61. The number of nitro benzene ring substituents is 1. The maximum atomic E-state index is 13.5. The molecule has 36 heavy (non-hydrogen) atoms. The number of nitrogens with zero attached hydrogens (tertiary/aromatic N) is 5. The number of carbonyl (C=O) groups excluding carboxylic acids is 1. The number of carbonyl (C=O) groups is 1. The fourth-order valence-corrected chi connectivity index (χ4v) is 4.46. The van der Waals surface area contributed by atoms with Crippen LogP contribution in [0.5, 0.6) is 0 Å². The van der Waals surface area contributed by atoms with E-state index in [0.29, 0.717) is 49.9 Å². The van der Waals surface area contributed by atoms with Crippen LogP contribution in [-0.4, -0.2) is 30.6 Å². The van der Waals surface area contributed by atoms with Gasteiger partial charge < -0.3 is 10.6 Å². The van der Waals surface area contributed by atoms with Crippen molar-refractivity contribution in [1.82, 2.24) is 19.7 Å². The number of hydrogen-bond acceptors (Lipinski definition) is 7. The standard InChI is InChI=1S/C24H17Cl2N7O3/c1-13-20(23(34)29-16-3-2-10-27-12-16)21(18-9-6-15(25)11-19(18)26)32-24(28-13)30-22(31-32)14-4-7-17(8-5-14)33(35)36/h2-12,21H,1H3,(H,29,34)(H,28,30,31). The molecular weight excluding hydrogens is 505 g/mol. The lowest BCUT2D eigenvalue weighted by atomic mass is 9.95. The molecule has 1 aliphatic rings. The quantitative estimate of drug-likeness (QED) is 0.262. The highest BCUT2D eigenvalue weighted by Crippen LogP contribution is 2.40. The minimum absolute atomic E-state index is 0.0430. The highest BCUT2D eigenvalue weighted by molar-refractivity contribution is 6.35. The van der Waals surface area contributed by atoms with Crippen molar-refractivity contribution < 1.29 is 9.72 Å². The Morgan fingerprint density at radius 1 is 1.17 bits per heavy atom. The summed E-state index contributed by atoms with van der Waals surface area (Å²) < 4.78 is 1.57. The number of hydrogen-bond donors (Lipinski definition) is 2. The topological polar surface area (TPSA) is 128 Å². The molecule has 0 fully saturated rings. The molecule has 0 radical (unpaired) electrons. The van der Waals surface area contributed by atoms with E-state index in [0.717, 1.165) is 0 Å². The molecule has 2 aromatic carbocycles. The molecule has 12 heteroatoms. The van der Waals surface area contributed by atoms with Crippen LogP contribution < -0.4 is 10.6 Å². The van der Waals surface area contributed by atoms with E-state index in [-0.39, 0.29) is 11.6 Å². The van der Waals surface area contributed by atoms with Gasteiger partial charge in [0.2, 0.25) is 5.95 Å². The molecule has 0 aliphatic carbocycles. The highest BCUT2D eigenvalue weighted by Gasteiger charge is 2.35. The summed E-state index contributed by atoms with van der Waals surface area (Å²) in [5.41, 5.74) is 2.58. The van der Waals surface area contributed by atoms with Crippen LogP contribution in [0.3, 0.4) is 0 Å². The van der Waals surface area contributed by atoms with Crippen molar-refractivity contribution in [2.75, 3.05) is 10.6 Å². The zero-order chi connectivity index (χ0) is 25.4. The summed E-state index contributed by atoms with van der Waals surface area (Å²) in [4.78, 5) is 32.7. The number of amides is 1. The van der Waals surface area contributed by atoms with Gasteiger partial charge in [-0.1, -0.05) is 29.3 Å². The van der Waals surface area contributed by atoms with Gasteiger partial charge in [-0.15, -0.1) is 5.10 Å². The summed E-state index contributed by atoms with van der Waals surface area (Å²) in [6, 6.07) is 13.6. The molecule has 1 unspecified atom stereocenters. The SMILES string of the molecule is CC1=C(C(=O)Nc2cccnc2)C(c2ccc(Cl)cc2Cl)n2nc(-c3ccc([N+](=O)[O-])cc3)nc2N1. The molecule has 1 aliphatic heterocycles. The largest absolute Gasteiger partial charge is 0.328 e. The number of nitrogens with one attached hydrogen (secondary N) is 2. The van der Waals surface area contributed by atoms with Crippen LogP contribution >= 0.6 is 23.2 Å². The molecule has 0 saturated carbocycles. The number of benzene rings is 2. The Morgan fingerprint density at radius 2 is 1.94 bits per heavy atom. The van der Waals surface area contributed by atoms with Crippen LogP contribution in [0.15, 0.2) is 78.3 Å². The van der Waals surface area contributed by atoms with E-state index in [2.05, 4.69) is 25.7 Å². The van der Waals surface area contributed by atoms with Gasteiger partial charge in [0.15, 0.2) is 5.82 Å². The average molecular weight is 522 g/mol. The lowest BCUT2D eigenvalue weighted by molar-refractivity contribution is -0.384. The molecule has 0 bridgehead atoms. The molecule has 0 saturated heterocycles. The van der Waals surface area contributed by atoms with Gasteiger partial charge in [-0.2, -0.15) is 4.98 Å². The number of pyridine rings is 1. The lowest BCUT2D eigenvalue weighted by Crippen LogP contribution is -2.31. The molecule has 4 aromatic rings. The molecule has 2 aromatic heterocycles. The van der Waals surface area contributed by atoms with Crippen molar-refractivity contribution in [2.24, 2.45) is 0 Å². The van der Waals surface area contributed by atoms with Crippen molar-refractivity contribution in [3.63, 3.8) is 0 Å². The van der Waals surface area contributed by atoms with E-state index >= 15 is 0 Å². The van der Waals surface area contributed by atoms with Gasteiger partial charge >= 0.3 is 0 Å². The summed E-state index contributed by atoms with van der Waals surface area (Å²) in [7, 11) is 0. The predicted molar refractivity (Wildman–Crippen MR) is 136 cm³/mol. The van der Waals surface area contributed by atoms with E-state index < -0.39 is 11.0 Å². The summed E-state index contributed by atoms with van der Waals surface area (Å²) in [5.74, 6) is 0.334. The predicted octanol–water partition coefficient (Wildman–Crippen LogP) is 5.48. The van der Waals surface area contributed by atoms with Gasteiger partial charge in [0.05, 0.1) is 22.4 Å². The fraction of sp³-hybridized carbons (Fsp3) is 0.0833. The van der Waals surface area contributed by atoms with Crippen molar-refractivity contribution in [3.05, 3.63) is 104 Å². The highest BCUT2D eigenvalue weighted by atomic mass is 35.5. The Balaban J connectivity index is 1.61. The molecule has 0 spiro atoms. The van der Waals surface area contributed by atoms with Crippen molar-refractivity contribution in [1.29, 1.82) is 0 Å². The van der Waals surface area contributed by atoms with E-state index in [1.54, 1.807) is 66.5 Å². The first-order valence-electron chi connectivity index (χ1n) is 10.7. The number of allylic oxidation sites excluding steroid dienone is 1. The lowest BCUT2D eigenvalue weighted by Gasteiger charge is -2.29. The van der Waals surface area contributed by atoms with Crippen molar-refractivity contribution >= 4 is 46.4 Å². The van der Waals surface area contributed by atoms with E-state index in [4.69, 9.17) is 23.2 Å². The van der Waals surface area contributed by atoms with Gasteiger partial charge in [-0.3, -0.25) is 19.9 Å². The van der Waals surface area contributed by atoms with Gasteiger partial charge in [-0.05, 0) is 43.3 Å². The number of halogens is 2. The summed E-state index contributed by atoms with van der Waals surface area (Å²) >= 11 is 12.7. The minimum atomic E-state index is -0.734. The summed E-state index contributed by atoms with van der Waals surface area (Å²) in [6.07, 6.45) is 3.15. The third-order valence-corrected chi connectivity index (χ3v) is 6.17. The monoisotopic (exact) mass is 521 g/mol. The van der Waals surface area contributed by atoms with Crippen molar-refractivity contribution in [3.8, 4) is 11.4 Å². The van der Waals surface area contributed by atoms with E-state index in [9.17, 15) is 14.9 Å².